The number of aryl methyl sites for hydroxylation is 1. The summed E-state index contributed by atoms with van der Waals surface area (Å²) in [6.45, 7) is 18.7. The number of carbonyl (C=O) groups is 9. The van der Waals surface area contributed by atoms with E-state index in [-0.39, 0.29) is 68.7 Å². The summed E-state index contributed by atoms with van der Waals surface area (Å²) in [4.78, 5) is 124. The van der Waals surface area contributed by atoms with Gasteiger partial charge in [0.05, 0.1) is 24.3 Å². The predicted molar refractivity (Wildman–Crippen MR) is 353 cm³/mol. The van der Waals surface area contributed by atoms with Crippen LogP contribution in [0.25, 0.3) is 23.1 Å². The molecule has 0 saturated carbocycles. The van der Waals surface area contributed by atoms with Crippen molar-refractivity contribution in [2.24, 2.45) is 30.0 Å². The molecule has 0 fully saturated rings. The van der Waals surface area contributed by atoms with Crippen LogP contribution in [-0.4, -0.2) is 119 Å². The van der Waals surface area contributed by atoms with Gasteiger partial charge in [-0.25, -0.2) is 14.4 Å². The van der Waals surface area contributed by atoms with E-state index < -0.39 is 88.7 Å². The third-order valence-electron chi connectivity index (χ3n) is 16.5. The second kappa shape index (κ2) is 31.4. The molecular weight excluding hydrogens is 1160 g/mol. The monoisotopic (exact) mass is 1250 g/mol. The van der Waals surface area contributed by atoms with Crippen LogP contribution in [0.4, 0.5) is 21.0 Å². The Balaban J connectivity index is 1.05. The number of carboxylic acid groups (broad SMARTS) is 1. The third-order valence-corrected chi connectivity index (χ3v) is 16.5. The summed E-state index contributed by atoms with van der Waals surface area (Å²) < 4.78 is 7.54. The lowest BCUT2D eigenvalue weighted by Gasteiger charge is -2.39. The molecule has 4 aromatic carbocycles. The zero-order valence-electron chi connectivity index (χ0n) is 54.6. The number of primary amides is 1. The van der Waals surface area contributed by atoms with Gasteiger partial charge in [0.25, 0.3) is 0 Å². The SMILES string of the molecule is CNC(C(=O)N[C@H](C(=O)N(C)[C@H](/C=C(\C)C(=O)O)C(C)C)C(C)(C)C)C(C)(C)c1cn(C)c2ccc(CNC(=O)OCc3ccc(NC(=O)[C@H](CCCNC(N)=O)NC(=O)[C@@H](NC(=O)CCC(=O)N4Cc5ccccc5/C=C\c5ccccc54)C(C)C)cc3)cc12. The molecule has 0 radical (unpaired) electrons. The lowest BCUT2D eigenvalue weighted by atomic mass is 9.76. The Labute approximate surface area is 533 Å². The van der Waals surface area contributed by atoms with Gasteiger partial charge in [-0.15, -0.1) is 0 Å². The molecule has 5 atom stereocenters. The van der Waals surface area contributed by atoms with Crippen LogP contribution in [0.5, 0.6) is 0 Å². The van der Waals surface area contributed by atoms with Crippen LogP contribution < -0.4 is 47.9 Å². The fraction of sp³-hybridized carbons (Fsp3) is 0.435. The van der Waals surface area contributed by atoms with Gasteiger partial charge in [0.15, 0.2) is 0 Å². The second-order valence-corrected chi connectivity index (χ2v) is 25.6. The highest BCUT2D eigenvalue weighted by Crippen LogP contribution is 2.36. The molecule has 10 N–H and O–H groups in total. The highest BCUT2D eigenvalue weighted by molar-refractivity contribution is 6.01. The molecule has 0 saturated heterocycles. The zero-order chi connectivity index (χ0) is 67.1. The van der Waals surface area contributed by atoms with Crippen LogP contribution in [0.2, 0.25) is 0 Å². The van der Waals surface area contributed by atoms with Crippen LogP contribution in [0, 0.1) is 17.3 Å². The van der Waals surface area contributed by atoms with Gasteiger partial charge in [-0.05, 0) is 108 Å². The summed E-state index contributed by atoms with van der Waals surface area (Å²) >= 11 is 0. The van der Waals surface area contributed by atoms with E-state index in [2.05, 4.69) is 37.2 Å². The number of hydrogen-bond acceptors (Lipinski definition) is 11. The van der Waals surface area contributed by atoms with Crippen LogP contribution in [-0.2, 0) is 70.5 Å². The quantitative estimate of drug-likeness (QED) is 0.0178. The summed E-state index contributed by atoms with van der Waals surface area (Å²) in [5, 5.41) is 30.4. The van der Waals surface area contributed by atoms with Gasteiger partial charge in [0.1, 0.15) is 24.7 Å². The number of para-hydroxylation sites is 1. The van der Waals surface area contributed by atoms with Gasteiger partial charge in [-0.2, -0.15) is 0 Å². The highest BCUT2D eigenvalue weighted by atomic mass is 16.5. The van der Waals surface area contributed by atoms with Gasteiger partial charge in [-0.3, -0.25) is 28.8 Å². The first kappa shape index (κ1) is 70.8. The normalized spacial score (nSPS) is 14.5. The standard InChI is InChI=1S/C69H91N11O11/c1-41(2)55(35-43(5)65(87)88)79(13)64(86)60(68(6,7)8)77-63(85)59(71-11)69(9,10)51-39-78(12)54-31-26-45(36-50(51)54)37-73-67(90)91-40-44-24-29-49(30-25-44)74-61(83)52(22-18-34-72-66(70)89)75-62(84)58(42(3)4)76-56(81)32-33-57(82)80-38-48-21-15-14-19-46(48)27-28-47-20-16-17-23-53(47)80/h14-17,19-21,23-31,35-36,39,41-42,52,55,58-60,71H,18,22,32-34,37-38,40H2,1-13H3,(H,73,90)(H,74,83)(H,75,84)(H,76,81)(H,77,85)(H,87,88)(H3,70,72,89)/b28-27-,43-35+/t52-,55+,58-,59?,60+/m0/s1. The highest BCUT2D eigenvalue weighted by Gasteiger charge is 2.43. The Morgan fingerprint density at radius 1 is 0.758 bits per heavy atom. The van der Waals surface area contributed by atoms with E-state index in [1.807, 2.05) is 145 Å². The molecule has 22 heteroatoms. The van der Waals surface area contributed by atoms with Gasteiger partial charge in [-0.1, -0.05) is 141 Å². The molecule has 1 aromatic heterocycles. The van der Waals surface area contributed by atoms with Crippen LogP contribution >= 0.6 is 0 Å². The van der Waals surface area contributed by atoms with Crippen molar-refractivity contribution in [3.8, 4) is 0 Å². The Kier molecular flexibility index (Phi) is 24.4. The number of aliphatic carboxylic acids is 1. The summed E-state index contributed by atoms with van der Waals surface area (Å²) in [5.41, 5.74) is 10.8. The van der Waals surface area contributed by atoms with Crippen molar-refractivity contribution in [1.29, 1.82) is 0 Å². The predicted octanol–water partition coefficient (Wildman–Crippen LogP) is 8.03. The number of nitrogens with two attached hydrogens (primary N) is 1. The Hall–Kier alpha value is -9.31. The van der Waals surface area contributed by atoms with Crippen LogP contribution in [0.15, 0.2) is 109 Å². The molecule has 1 aliphatic heterocycles. The fourth-order valence-corrected chi connectivity index (χ4v) is 11.2. The number of hydrogen-bond donors (Lipinski definition) is 9. The summed E-state index contributed by atoms with van der Waals surface area (Å²) in [6, 6.07) is 22.4. The number of alkyl carbamates (subject to hydrolysis) is 1. The van der Waals surface area contributed by atoms with Crippen molar-refractivity contribution in [1.82, 2.24) is 41.4 Å². The van der Waals surface area contributed by atoms with Crippen molar-refractivity contribution in [3.05, 3.63) is 142 Å². The van der Waals surface area contributed by atoms with Crippen molar-refractivity contribution in [3.63, 3.8) is 0 Å². The molecule has 488 valence electrons. The molecule has 2 heterocycles. The van der Waals surface area contributed by atoms with E-state index in [0.717, 1.165) is 44.4 Å². The van der Waals surface area contributed by atoms with E-state index in [9.17, 15) is 48.3 Å². The largest absolute Gasteiger partial charge is 0.478 e. The summed E-state index contributed by atoms with van der Waals surface area (Å²) in [7, 11) is 5.22. The van der Waals surface area contributed by atoms with E-state index >= 15 is 0 Å². The van der Waals surface area contributed by atoms with Gasteiger partial charge in [0, 0.05) is 73.8 Å². The molecule has 6 rings (SSSR count). The first-order chi connectivity index (χ1) is 42.9. The molecule has 5 aromatic rings. The number of benzene rings is 4. The van der Waals surface area contributed by atoms with E-state index in [4.69, 9.17) is 10.5 Å². The topological polar surface area (TPSA) is 305 Å². The van der Waals surface area contributed by atoms with E-state index in [1.165, 1.54) is 11.8 Å². The number of carbonyl (C=O) groups excluding carboxylic acids is 8. The number of urea groups is 1. The molecule has 0 aliphatic carbocycles. The van der Waals surface area contributed by atoms with Crippen LogP contribution in [0.3, 0.4) is 0 Å². The Bertz CT molecular complexity index is 3530. The molecule has 91 heavy (non-hydrogen) atoms. The first-order valence-electron chi connectivity index (χ1n) is 30.7. The minimum absolute atomic E-state index is 0.0928. The Morgan fingerprint density at radius 2 is 1.41 bits per heavy atom. The number of nitrogens with zero attached hydrogens (tertiary/aromatic N) is 3. The number of likely N-dealkylation sites (N-methyl/N-ethyl adjacent to an activating group) is 2. The number of carboxylic acids is 1. The number of amides is 9. The molecule has 9 amide bonds. The van der Waals surface area contributed by atoms with E-state index in [1.54, 1.807) is 63.2 Å². The maximum atomic E-state index is 14.5. The minimum Gasteiger partial charge on any atom is -0.478 e. The summed E-state index contributed by atoms with van der Waals surface area (Å²) in [6.07, 6.45) is 6.86. The fourth-order valence-electron chi connectivity index (χ4n) is 11.2. The second-order valence-electron chi connectivity index (χ2n) is 25.6. The smallest absolute Gasteiger partial charge is 0.407 e. The lowest BCUT2D eigenvalue weighted by molar-refractivity contribution is -0.141. The number of aromatic nitrogens is 1. The Morgan fingerprint density at radius 3 is 2.04 bits per heavy atom. The number of ether oxygens (including phenoxy) is 1. The number of fused-ring (bicyclic) bond motifs is 3. The van der Waals surface area contributed by atoms with Crippen LogP contribution in [0.1, 0.15) is 128 Å². The number of rotatable bonds is 27. The maximum absolute atomic E-state index is 14.5. The molecular formula is C69H91N11O11. The first-order valence-corrected chi connectivity index (χ1v) is 30.7. The number of nitrogens with one attached hydrogen (secondary N) is 7. The zero-order valence-corrected chi connectivity index (χ0v) is 54.6. The molecule has 22 nitrogen and oxygen atoms in total. The van der Waals surface area contributed by atoms with Crippen molar-refractivity contribution in [2.75, 3.05) is 30.9 Å². The van der Waals surface area contributed by atoms with Crippen molar-refractivity contribution < 1.29 is 53.0 Å². The third kappa shape index (κ3) is 18.9. The maximum Gasteiger partial charge on any atom is 0.407 e. The molecule has 1 unspecified atom stereocenters. The molecule has 0 spiro atoms. The number of anilines is 2. The molecule has 1 aliphatic rings. The average Bonchev–Trinajstić information content (AvgIpc) is 1.66. The van der Waals surface area contributed by atoms with Crippen molar-refractivity contribution >= 4 is 88.0 Å². The summed E-state index contributed by atoms with van der Waals surface area (Å²) in [5.74, 6) is -4.34. The minimum atomic E-state index is -1.11. The van der Waals surface area contributed by atoms with Gasteiger partial charge < -0.3 is 67.2 Å². The van der Waals surface area contributed by atoms with E-state index in [0.29, 0.717) is 17.8 Å². The van der Waals surface area contributed by atoms with Gasteiger partial charge >= 0.3 is 18.1 Å². The molecule has 0 bridgehead atoms. The van der Waals surface area contributed by atoms with Crippen molar-refractivity contribution in [2.45, 2.75) is 150 Å². The average molecular weight is 1250 g/mol. The lowest BCUT2D eigenvalue weighted by Crippen LogP contribution is -2.61. The van der Waals surface area contributed by atoms with Gasteiger partial charge in [0.2, 0.25) is 35.4 Å².